The van der Waals surface area contributed by atoms with E-state index < -0.39 is 5.97 Å². The maximum absolute atomic E-state index is 12.5. The van der Waals surface area contributed by atoms with Crippen molar-refractivity contribution in [1.82, 2.24) is 14.7 Å². The second kappa shape index (κ2) is 7.84. The molecule has 0 atom stereocenters. The molecule has 8 heteroatoms. The van der Waals surface area contributed by atoms with Crippen LogP contribution in [0.5, 0.6) is 0 Å². The first-order valence-corrected chi connectivity index (χ1v) is 9.25. The molecule has 1 aliphatic heterocycles. The van der Waals surface area contributed by atoms with E-state index in [0.29, 0.717) is 22.2 Å². The van der Waals surface area contributed by atoms with E-state index >= 15 is 0 Å². The van der Waals surface area contributed by atoms with Gasteiger partial charge in [0.25, 0.3) is 5.91 Å². The van der Waals surface area contributed by atoms with Crippen LogP contribution < -0.4 is 0 Å². The van der Waals surface area contributed by atoms with E-state index in [9.17, 15) is 9.59 Å². The number of hydrogen-bond donors (Lipinski definition) is 1. The van der Waals surface area contributed by atoms with Crippen LogP contribution in [0.4, 0.5) is 0 Å². The Morgan fingerprint density at radius 3 is 2.77 bits per heavy atom. The van der Waals surface area contributed by atoms with E-state index in [-0.39, 0.29) is 12.3 Å². The summed E-state index contributed by atoms with van der Waals surface area (Å²) in [5.74, 6) is -1.07. The highest BCUT2D eigenvalue weighted by atomic mass is 32.2. The van der Waals surface area contributed by atoms with Crippen LogP contribution in [-0.2, 0) is 9.59 Å². The third-order valence-electron chi connectivity index (χ3n) is 3.84. The molecule has 1 aromatic carbocycles. The molecule has 1 aromatic heterocycles. The van der Waals surface area contributed by atoms with Gasteiger partial charge in [-0.05, 0) is 31.6 Å². The highest BCUT2D eigenvalue weighted by Crippen LogP contribution is 2.32. The summed E-state index contributed by atoms with van der Waals surface area (Å²) in [4.78, 5) is 25.1. The van der Waals surface area contributed by atoms with Crippen molar-refractivity contribution in [3.05, 3.63) is 52.7 Å². The van der Waals surface area contributed by atoms with Gasteiger partial charge in [0.05, 0.1) is 16.8 Å². The Labute approximate surface area is 160 Å². The number of thioether (sulfide) groups is 1. The number of carbonyl (C=O) groups is 2. The van der Waals surface area contributed by atoms with Gasteiger partial charge >= 0.3 is 5.97 Å². The van der Waals surface area contributed by atoms with Crippen molar-refractivity contribution in [1.29, 1.82) is 0 Å². The van der Waals surface area contributed by atoms with Crippen LogP contribution in [0.25, 0.3) is 11.8 Å². The molecule has 1 aliphatic rings. The lowest BCUT2D eigenvalue weighted by Crippen LogP contribution is -2.29. The fourth-order valence-corrected chi connectivity index (χ4v) is 3.79. The van der Waals surface area contributed by atoms with E-state index in [0.717, 1.165) is 11.3 Å². The number of benzene rings is 1. The molecule has 1 saturated heterocycles. The zero-order chi connectivity index (χ0) is 18.7. The molecule has 0 aliphatic carbocycles. The van der Waals surface area contributed by atoms with Crippen molar-refractivity contribution in [2.75, 3.05) is 6.54 Å². The third-order valence-corrected chi connectivity index (χ3v) is 5.22. The van der Waals surface area contributed by atoms with Crippen LogP contribution in [0.15, 0.2) is 41.6 Å². The van der Waals surface area contributed by atoms with Gasteiger partial charge < -0.3 is 5.11 Å². The number of thiocarbonyl (C=S) groups is 1. The maximum atomic E-state index is 12.5. The van der Waals surface area contributed by atoms with E-state index in [4.69, 9.17) is 17.3 Å². The predicted molar refractivity (Wildman–Crippen MR) is 105 cm³/mol. The molecule has 3 rings (SSSR count). The molecule has 6 nitrogen and oxygen atoms in total. The molecule has 0 bridgehead atoms. The average molecular weight is 387 g/mol. The van der Waals surface area contributed by atoms with E-state index in [1.165, 1.54) is 22.2 Å². The largest absolute Gasteiger partial charge is 0.481 e. The minimum absolute atomic E-state index is 0.0133. The number of carboxylic acids is 1. The molecule has 1 amide bonds. The lowest BCUT2D eigenvalue weighted by atomic mass is 10.2. The number of amides is 1. The summed E-state index contributed by atoms with van der Waals surface area (Å²) in [5.41, 5.74) is 2.92. The van der Waals surface area contributed by atoms with E-state index in [1.54, 1.807) is 17.0 Å². The summed E-state index contributed by atoms with van der Waals surface area (Å²) >= 11 is 6.47. The van der Waals surface area contributed by atoms with Gasteiger partial charge in [-0.3, -0.25) is 14.5 Å². The fraction of sp³-hybridized carbons (Fsp3) is 0.222. The fourth-order valence-electron chi connectivity index (χ4n) is 2.48. The molecule has 2 aromatic rings. The van der Waals surface area contributed by atoms with Gasteiger partial charge in [0.1, 0.15) is 4.32 Å². The number of rotatable bonds is 6. The minimum atomic E-state index is -0.880. The SMILES string of the molecule is Cc1ccc(-n2cc(C=C3SC(=S)N(CCCC(=O)O)C3=O)cn2)cc1. The number of aliphatic carboxylic acids is 1. The molecule has 134 valence electrons. The molecule has 0 saturated carbocycles. The van der Waals surface area contributed by atoms with Crippen LogP contribution in [0.2, 0.25) is 0 Å². The van der Waals surface area contributed by atoms with Crippen LogP contribution in [0.1, 0.15) is 24.0 Å². The van der Waals surface area contributed by atoms with Crippen LogP contribution in [0.3, 0.4) is 0 Å². The summed E-state index contributed by atoms with van der Waals surface area (Å²) in [6, 6.07) is 7.99. The average Bonchev–Trinajstić information content (AvgIpc) is 3.15. The van der Waals surface area contributed by atoms with Gasteiger partial charge in [0, 0.05) is 24.7 Å². The number of nitrogens with zero attached hydrogens (tertiary/aromatic N) is 3. The van der Waals surface area contributed by atoms with Crippen LogP contribution in [-0.4, -0.2) is 42.5 Å². The molecular formula is C18H17N3O3S2. The van der Waals surface area contributed by atoms with Crippen molar-refractivity contribution in [3.63, 3.8) is 0 Å². The van der Waals surface area contributed by atoms with Gasteiger partial charge in [-0.1, -0.05) is 41.7 Å². The van der Waals surface area contributed by atoms with Gasteiger partial charge in [0.2, 0.25) is 0 Å². The quantitative estimate of drug-likeness (QED) is 0.606. The summed E-state index contributed by atoms with van der Waals surface area (Å²) in [5, 5.41) is 13.0. The Morgan fingerprint density at radius 2 is 2.08 bits per heavy atom. The van der Waals surface area contributed by atoms with Crippen molar-refractivity contribution < 1.29 is 14.7 Å². The summed E-state index contributed by atoms with van der Waals surface area (Å²) < 4.78 is 2.20. The summed E-state index contributed by atoms with van der Waals surface area (Å²) in [7, 11) is 0. The van der Waals surface area contributed by atoms with Crippen LogP contribution >= 0.6 is 24.0 Å². The van der Waals surface area contributed by atoms with Crippen molar-refractivity contribution in [2.45, 2.75) is 19.8 Å². The lowest BCUT2D eigenvalue weighted by Gasteiger charge is -2.13. The van der Waals surface area contributed by atoms with Gasteiger partial charge in [-0.15, -0.1) is 0 Å². The number of carbonyl (C=O) groups excluding carboxylic acids is 1. The van der Waals surface area contributed by atoms with Gasteiger partial charge in [-0.2, -0.15) is 5.10 Å². The summed E-state index contributed by atoms with van der Waals surface area (Å²) in [6.45, 7) is 2.34. The first kappa shape index (κ1) is 18.3. The highest BCUT2D eigenvalue weighted by Gasteiger charge is 2.31. The maximum Gasteiger partial charge on any atom is 0.303 e. The molecule has 0 spiro atoms. The topological polar surface area (TPSA) is 75.4 Å². The number of carboxylic acid groups (broad SMARTS) is 1. The molecule has 0 radical (unpaired) electrons. The number of hydrogen-bond acceptors (Lipinski definition) is 5. The Balaban J connectivity index is 1.72. The van der Waals surface area contributed by atoms with Crippen molar-refractivity contribution >= 4 is 46.3 Å². The molecule has 2 heterocycles. The molecule has 1 fully saturated rings. The zero-order valence-electron chi connectivity index (χ0n) is 14.1. The Hall–Kier alpha value is -2.45. The smallest absolute Gasteiger partial charge is 0.303 e. The monoisotopic (exact) mass is 387 g/mol. The highest BCUT2D eigenvalue weighted by molar-refractivity contribution is 8.26. The third kappa shape index (κ3) is 4.20. The second-order valence-electron chi connectivity index (χ2n) is 5.88. The van der Waals surface area contributed by atoms with E-state index in [1.807, 2.05) is 37.4 Å². The first-order valence-electron chi connectivity index (χ1n) is 8.03. The second-order valence-corrected chi connectivity index (χ2v) is 7.56. The number of aromatic nitrogens is 2. The van der Waals surface area contributed by atoms with Gasteiger partial charge in [0.15, 0.2) is 0 Å². The lowest BCUT2D eigenvalue weighted by molar-refractivity contribution is -0.137. The molecule has 1 N–H and O–H groups in total. The molecular weight excluding hydrogens is 370 g/mol. The van der Waals surface area contributed by atoms with Gasteiger partial charge in [-0.25, -0.2) is 4.68 Å². The Bertz CT molecular complexity index is 887. The van der Waals surface area contributed by atoms with E-state index in [2.05, 4.69) is 5.10 Å². The Morgan fingerprint density at radius 1 is 1.35 bits per heavy atom. The summed E-state index contributed by atoms with van der Waals surface area (Å²) in [6.07, 6.45) is 5.69. The standard InChI is InChI=1S/C18H17N3O3S2/c1-12-4-6-14(7-5-12)21-11-13(10-19-21)9-15-17(24)20(18(25)26-15)8-2-3-16(22)23/h4-7,9-11H,2-3,8H2,1H3,(H,22,23). The van der Waals surface area contributed by atoms with Crippen LogP contribution in [0, 0.1) is 6.92 Å². The first-order chi connectivity index (χ1) is 12.4. The predicted octanol–water partition coefficient (Wildman–Crippen LogP) is 3.25. The minimum Gasteiger partial charge on any atom is -0.481 e. The Kier molecular flexibility index (Phi) is 5.53. The molecule has 0 unspecified atom stereocenters. The molecule has 26 heavy (non-hydrogen) atoms. The number of aryl methyl sites for hydroxylation is 1. The zero-order valence-corrected chi connectivity index (χ0v) is 15.7. The van der Waals surface area contributed by atoms with Crippen molar-refractivity contribution in [3.8, 4) is 5.69 Å². The normalized spacial score (nSPS) is 15.9. The van der Waals surface area contributed by atoms with Crippen molar-refractivity contribution in [2.24, 2.45) is 0 Å².